The van der Waals surface area contributed by atoms with Gasteiger partial charge in [-0.2, -0.15) is 0 Å². The molecule has 0 radical (unpaired) electrons. The zero-order valence-electron chi connectivity index (χ0n) is 13.4. The van der Waals surface area contributed by atoms with Gasteiger partial charge >= 0.3 is 0 Å². The van der Waals surface area contributed by atoms with E-state index in [4.69, 9.17) is 0 Å². The molecule has 2 rings (SSSR count). The molecule has 120 valence electrons. The minimum absolute atomic E-state index is 0.0138. The number of nitrogens with one attached hydrogen (secondary N) is 1. The highest BCUT2D eigenvalue weighted by Gasteiger charge is 2.26. The largest absolute Gasteiger partial charge is 0.343 e. The zero-order chi connectivity index (χ0) is 15.8. The fourth-order valence-corrected chi connectivity index (χ4v) is 2.84. The fourth-order valence-electron chi connectivity index (χ4n) is 2.84. The van der Waals surface area contributed by atoms with E-state index in [1.165, 1.54) is 0 Å². The molecule has 1 aromatic carbocycles. The maximum absolute atomic E-state index is 12.2. The minimum Gasteiger partial charge on any atom is -0.343 e. The van der Waals surface area contributed by atoms with Gasteiger partial charge in [0, 0.05) is 31.1 Å². The Bertz CT molecular complexity index is 479. The number of unbranched alkanes of at least 4 members (excludes halogenated alkanes) is 2. The van der Waals surface area contributed by atoms with E-state index >= 15 is 0 Å². The molecule has 0 saturated carbocycles. The molecule has 4 nitrogen and oxygen atoms in total. The molecule has 22 heavy (non-hydrogen) atoms. The molecular formula is C18H26N2O2. The van der Waals surface area contributed by atoms with Crippen LogP contribution >= 0.6 is 0 Å². The number of hydrogen-bond donors (Lipinski definition) is 1. The van der Waals surface area contributed by atoms with Gasteiger partial charge in [-0.3, -0.25) is 9.59 Å². The standard InChI is InChI=1S/C18H26N2O2/c1-2-3-5-10-17(21)20-13-11-15(12-14-20)18(22)19-16-8-6-4-7-9-16/h4,6-9,15H,2-3,5,10-14H2,1H3,(H,19,22). The first-order valence-corrected chi connectivity index (χ1v) is 8.34. The van der Waals surface area contributed by atoms with Crippen LogP contribution in [0.1, 0.15) is 45.4 Å². The summed E-state index contributed by atoms with van der Waals surface area (Å²) in [6.07, 6.45) is 5.39. The summed E-state index contributed by atoms with van der Waals surface area (Å²) in [4.78, 5) is 26.2. The second-order valence-corrected chi connectivity index (χ2v) is 5.97. The lowest BCUT2D eigenvalue weighted by atomic mass is 9.95. The van der Waals surface area contributed by atoms with Crippen LogP contribution in [0.5, 0.6) is 0 Å². The number of hydrogen-bond acceptors (Lipinski definition) is 2. The van der Waals surface area contributed by atoms with E-state index in [2.05, 4.69) is 12.2 Å². The first kappa shape index (κ1) is 16.5. The first-order valence-electron chi connectivity index (χ1n) is 8.34. The van der Waals surface area contributed by atoms with E-state index in [0.717, 1.165) is 37.8 Å². The van der Waals surface area contributed by atoms with Gasteiger partial charge < -0.3 is 10.2 Å². The molecule has 1 aliphatic rings. The van der Waals surface area contributed by atoms with Crippen molar-refractivity contribution in [3.8, 4) is 0 Å². The Hall–Kier alpha value is -1.84. The van der Waals surface area contributed by atoms with Crippen LogP contribution in [0.25, 0.3) is 0 Å². The molecule has 0 aliphatic carbocycles. The van der Waals surface area contributed by atoms with Crippen LogP contribution in [-0.2, 0) is 9.59 Å². The van der Waals surface area contributed by atoms with Crippen LogP contribution < -0.4 is 5.32 Å². The van der Waals surface area contributed by atoms with E-state index in [-0.39, 0.29) is 17.7 Å². The summed E-state index contributed by atoms with van der Waals surface area (Å²) in [5.74, 6) is 0.333. The number of rotatable bonds is 6. The van der Waals surface area contributed by atoms with Gasteiger partial charge in [-0.1, -0.05) is 38.0 Å². The highest BCUT2D eigenvalue weighted by Crippen LogP contribution is 2.20. The molecular weight excluding hydrogens is 276 g/mol. The zero-order valence-corrected chi connectivity index (χ0v) is 13.4. The van der Waals surface area contributed by atoms with Gasteiger partial charge in [0.25, 0.3) is 0 Å². The average Bonchev–Trinajstić information content (AvgIpc) is 2.56. The van der Waals surface area contributed by atoms with Crippen molar-refractivity contribution in [1.82, 2.24) is 4.90 Å². The summed E-state index contributed by atoms with van der Waals surface area (Å²) in [7, 11) is 0. The quantitative estimate of drug-likeness (QED) is 0.818. The molecule has 1 N–H and O–H groups in total. The number of amides is 2. The summed E-state index contributed by atoms with van der Waals surface area (Å²) in [5, 5.41) is 2.96. The third kappa shape index (κ3) is 4.86. The maximum atomic E-state index is 12.2. The molecule has 4 heteroatoms. The Labute approximate surface area is 132 Å². The van der Waals surface area contributed by atoms with Gasteiger partial charge in [-0.15, -0.1) is 0 Å². The molecule has 1 aromatic rings. The number of anilines is 1. The van der Waals surface area contributed by atoms with Crippen LogP contribution in [0.2, 0.25) is 0 Å². The Kier molecular flexibility index (Phi) is 6.44. The lowest BCUT2D eigenvalue weighted by molar-refractivity contribution is -0.134. The molecule has 1 heterocycles. The van der Waals surface area contributed by atoms with E-state index < -0.39 is 0 Å². The lowest BCUT2D eigenvalue weighted by Gasteiger charge is -2.31. The van der Waals surface area contributed by atoms with Gasteiger partial charge in [-0.05, 0) is 31.4 Å². The predicted octanol–water partition coefficient (Wildman–Crippen LogP) is 3.44. The van der Waals surface area contributed by atoms with Gasteiger partial charge in [0.15, 0.2) is 0 Å². The van der Waals surface area contributed by atoms with Crippen molar-refractivity contribution in [2.75, 3.05) is 18.4 Å². The summed E-state index contributed by atoms with van der Waals surface area (Å²) in [6, 6.07) is 9.53. The topological polar surface area (TPSA) is 49.4 Å². The second kappa shape index (κ2) is 8.57. The Morgan fingerprint density at radius 2 is 1.82 bits per heavy atom. The predicted molar refractivity (Wildman–Crippen MR) is 88.5 cm³/mol. The smallest absolute Gasteiger partial charge is 0.227 e. The third-order valence-corrected chi connectivity index (χ3v) is 4.25. The SMILES string of the molecule is CCCCCC(=O)N1CCC(C(=O)Nc2ccccc2)CC1. The van der Waals surface area contributed by atoms with Crippen molar-refractivity contribution in [2.24, 2.45) is 5.92 Å². The number of benzene rings is 1. The molecule has 1 fully saturated rings. The Balaban J connectivity index is 1.74. The van der Waals surface area contributed by atoms with Gasteiger partial charge in [0.05, 0.1) is 0 Å². The van der Waals surface area contributed by atoms with Crippen LogP contribution in [0, 0.1) is 5.92 Å². The van der Waals surface area contributed by atoms with Crippen molar-refractivity contribution < 1.29 is 9.59 Å². The molecule has 2 amide bonds. The second-order valence-electron chi connectivity index (χ2n) is 5.97. The summed E-state index contributed by atoms with van der Waals surface area (Å²) >= 11 is 0. The number of piperidine rings is 1. The van der Waals surface area contributed by atoms with Crippen molar-refractivity contribution in [3.05, 3.63) is 30.3 Å². The first-order chi connectivity index (χ1) is 10.7. The van der Waals surface area contributed by atoms with Crippen molar-refractivity contribution >= 4 is 17.5 Å². The summed E-state index contributed by atoms with van der Waals surface area (Å²) < 4.78 is 0. The van der Waals surface area contributed by atoms with Crippen LogP contribution in [0.15, 0.2) is 30.3 Å². The lowest BCUT2D eigenvalue weighted by Crippen LogP contribution is -2.41. The number of likely N-dealkylation sites (tertiary alicyclic amines) is 1. The summed E-state index contributed by atoms with van der Waals surface area (Å²) in [6.45, 7) is 3.55. The highest BCUT2D eigenvalue weighted by molar-refractivity contribution is 5.92. The Morgan fingerprint density at radius 1 is 1.14 bits per heavy atom. The van der Waals surface area contributed by atoms with Gasteiger partial charge in [-0.25, -0.2) is 0 Å². The van der Waals surface area contributed by atoms with Crippen molar-refractivity contribution in [3.63, 3.8) is 0 Å². The Morgan fingerprint density at radius 3 is 2.45 bits per heavy atom. The van der Waals surface area contributed by atoms with Gasteiger partial charge in [0.1, 0.15) is 0 Å². The number of carbonyl (C=O) groups is 2. The van der Waals surface area contributed by atoms with Crippen LogP contribution in [0.4, 0.5) is 5.69 Å². The number of para-hydroxylation sites is 1. The number of nitrogens with zero attached hydrogens (tertiary/aromatic N) is 1. The maximum Gasteiger partial charge on any atom is 0.227 e. The number of carbonyl (C=O) groups excluding carboxylic acids is 2. The summed E-state index contributed by atoms with van der Waals surface area (Å²) in [5.41, 5.74) is 0.838. The normalized spacial score (nSPS) is 15.6. The molecule has 1 aliphatic heterocycles. The minimum atomic E-state index is 0.0138. The van der Waals surface area contributed by atoms with E-state index in [9.17, 15) is 9.59 Å². The van der Waals surface area contributed by atoms with E-state index in [0.29, 0.717) is 19.5 Å². The molecule has 0 unspecified atom stereocenters. The highest BCUT2D eigenvalue weighted by atomic mass is 16.2. The molecule has 0 bridgehead atoms. The van der Waals surface area contributed by atoms with E-state index in [1.54, 1.807) is 0 Å². The van der Waals surface area contributed by atoms with Crippen LogP contribution in [0.3, 0.4) is 0 Å². The van der Waals surface area contributed by atoms with Gasteiger partial charge in [0.2, 0.25) is 11.8 Å². The molecule has 0 aromatic heterocycles. The monoisotopic (exact) mass is 302 g/mol. The fraction of sp³-hybridized carbons (Fsp3) is 0.556. The average molecular weight is 302 g/mol. The third-order valence-electron chi connectivity index (χ3n) is 4.25. The molecule has 1 saturated heterocycles. The van der Waals surface area contributed by atoms with Crippen LogP contribution in [-0.4, -0.2) is 29.8 Å². The van der Waals surface area contributed by atoms with E-state index in [1.807, 2.05) is 35.2 Å². The van der Waals surface area contributed by atoms with Crippen molar-refractivity contribution in [2.45, 2.75) is 45.4 Å². The van der Waals surface area contributed by atoms with Crippen molar-refractivity contribution in [1.29, 1.82) is 0 Å². The molecule has 0 atom stereocenters. The molecule has 0 spiro atoms.